The van der Waals surface area contributed by atoms with E-state index >= 15 is 0 Å². The Bertz CT molecular complexity index is 464. The average molecular weight is 345 g/mol. The monoisotopic (exact) mass is 344 g/mol. The van der Waals surface area contributed by atoms with E-state index in [1.54, 1.807) is 6.07 Å². The maximum Gasteiger partial charge on any atom is 0.224 e. The highest BCUT2D eigenvalue weighted by atomic mass is 79.9. The molecule has 0 aromatic heterocycles. The number of nitrogens with zero attached hydrogens (tertiary/aromatic N) is 1. The lowest BCUT2D eigenvalue weighted by Gasteiger charge is -2.26. The van der Waals surface area contributed by atoms with Crippen molar-refractivity contribution in [3.8, 4) is 0 Å². The van der Waals surface area contributed by atoms with E-state index in [2.05, 4.69) is 21.2 Å². The first-order chi connectivity index (χ1) is 9.66. The fraction of sp³-hybridized carbons (Fsp3) is 0.500. The molecule has 1 aliphatic heterocycles. The Kier molecular flexibility index (Phi) is 5.94. The van der Waals surface area contributed by atoms with Gasteiger partial charge in [-0.25, -0.2) is 4.39 Å². The van der Waals surface area contributed by atoms with Crippen molar-refractivity contribution in [3.05, 3.63) is 34.1 Å². The molecule has 0 bridgehead atoms. The topological polar surface area (TPSA) is 41.6 Å². The Hall–Kier alpha value is -0.980. The number of hydrogen-bond acceptors (Lipinski definition) is 3. The second kappa shape index (κ2) is 7.71. The van der Waals surface area contributed by atoms with Gasteiger partial charge in [-0.05, 0) is 33.6 Å². The molecule has 0 saturated carbocycles. The molecule has 0 aliphatic carbocycles. The summed E-state index contributed by atoms with van der Waals surface area (Å²) in [4.78, 5) is 13.7. The number of rotatable bonds is 5. The van der Waals surface area contributed by atoms with Crippen LogP contribution in [0.15, 0.2) is 22.7 Å². The summed E-state index contributed by atoms with van der Waals surface area (Å²) >= 11 is 3.12. The molecule has 1 aliphatic rings. The SMILES string of the molecule is O=C(CCNCc1ccc(Br)c(F)c1)N1CCOCC1. The van der Waals surface area contributed by atoms with E-state index in [4.69, 9.17) is 4.74 Å². The lowest BCUT2D eigenvalue weighted by Crippen LogP contribution is -2.41. The van der Waals surface area contributed by atoms with Crippen LogP contribution in [0.25, 0.3) is 0 Å². The van der Waals surface area contributed by atoms with E-state index in [1.807, 2.05) is 11.0 Å². The first-order valence-electron chi connectivity index (χ1n) is 6.67. The zero-order chi connectivity index (χ0) is 14.4. The van der Waals surface area contributed by atoms with Crippen molar-refractivity contribution < 1.29 is 13.9 Å². The standard InChI is InChI=1S/C14H18BrFN2O2/c15-12-2-1-11(9-13(12)16)10-17-4-3-14(19)18-5-7-20-8-6-18/h1-2,9,17H,3-8,10H2. The molecule has 6 heteroatoms. The minimum atomic E-state index is -0.270. The molecule has 4 nitrogen and oxygen atoms in total. The fourth-order valence-electron chi connectivity index (χ4n) is 2.05. The van der Waals surface area contributed by atoms with Crippen molar-refractivity contribution in [3.63, 3.8) is 0 Å². The highest BCUT2D eigenvalue weighted by molar-refractivity contribution is 9.10. The van der Waals surface area contributed by atoms with Crippen molar-refractivity contribution in [2.45, 2.75) is 13.0 Å². The summed E-state index contributed by atoms with van der Waals surface area (Å²) in [5.41, 5.74) is 0.865. The van der Waals surface area contributed by atoms with E-state index in [9.17, 15) is 9.18 Å². The van der Waals surface area contributed by atoms with Gasteiger partial charge in [-0.1, -0.05) is 6.07 Å². The van der Waals surface area contributed by atoms with Gasteiger partial charge in [-0.2, -0.15) is 0 Å². The predicted octanol–water partition coefficient (Wildman–Crippen LogP) is 1.93. The van der Waals surface area contributed by atoms with Gasteiger partial charge in [0.15, 0.2) is 0 Å². The molecule has 0 atom stereocenters. The third-order valence-corrected chi connectivity index (χ3v) is 3.84. The second-order valence-corrected chi connectivity index (χ2v) is 5.52. The summed E-state index contributed by atoms with van der Waals surface area (Å²) in [6.45, 7) is 3.75. The number of morpholine rings is 1. The third-order valence-electron chi connectivity index (χ3n) is 3.19. The van der Waals surface area contributed by atoms with E-state index < -0.39 is 0 Å². The molecule has 110 valence electrons. The number of ether oxygens (including phenoxy) is 1. The first kappa shape index (κ1) is 15.4. The van der Waals surface area contributed by atoms with Crippen LogP contribution in [0.5, 0.6) is 0 Å². The summed E-state index contributed by atoms with van der Waals surface area (Å²) < 4.78 is 19.0. The Morgan fingerprint density at radius 3 is 2.85 bits per heavy atom. The van der Waals surface area contributed by atoms with Crippen LogP contribution in [0.1, 0.15) is 12.0 Å². The Morgan fingerprint density at radius 1 is 1.40 bits per heavy atom. The molecule has 1 aromatic carbocycles. The van der Waals surface area contributed by atoms with Gasteiger partial charge in [0.2, 0.25) is 5.91 Å². The van der Waals surface area contributed by atoms with E-state index in [0.29, 0.717) is 50.3 Å². The first-order valence-corrected chi connectivity index (χ1v) is 7.46. The van der Waals surface area contributed by atoms with E-state index in [-0.39, 0.29) is 11.7 Å². The van der Waals surface area contributed by atoms with E-state index in [0.717, 1.165) is 5.56 Å². The van der Waals surface area contributed by atoms with Crippen LogP contribution < -0.4 is 5.32 Å². The molecule has 1 N–H and O–H groups in total. The van der Waals surface area contributed by atoms with Crippen molar-refractivity contribution in [2.75, 3.05) is 32.8 Å². The van der Waals surface area contributed by atoms with Gasteiger partial charge < -0.3 is 15.0 Å². The van der Waals surface area contributed by atoms with Crippen LogP contribution in [-0.2, 0) is 16.1 Å². The maximum absolute atomic E-state index is 13.3. The Labute approximate surface area is 126 Å². The van der Waals surface area contributed by atoms with Crippen LogP contribution in [0.2, 0.25) is 0 Å². The summed E-state index contributed by atoms with van der Waals surface area (Å²) in [7, 11) is 0. The zero-order valence-electron chi connectivity index (χ0n) is 11.2. The van der Waals surface area contributed by atoms with Crippen LogP contribution in [0.3, 0.4) is 0 Å². The van der Waals surface area contributed by atoms with Crippen molar-refractivity contribution in [1.29, 1.82) is 0 Å². The Morgan fingerprint density at radius 2 is 2.15 bits per heavy atom. The molecule has 20 heavy (non-hydrogen) atoms. The average Bonchev–Trinajstić information content (AvgIpc) is 2.48. The lowest BCUT2D eigenvalue weighted by atomic mass is 10.2. The van der Waals surface area contributed by atoms with Gasteiger partial charge in [0.1, 0.15) is 5.82 Å². The Balaban J connectivity index is 1.68. The quantitative estimate of drug-likeness (QED) is 0.830. The highest BCUT2D eigenvalue weighted by Crippen LogP contribution is 2.16. The van der Waals surface area contributed by atoms with Gasteiger partial charge in [-0.3, -0.25) is 4.79 Å². The van der Waals surface area contributed by atoms with Crippen LogP contribution >= 0.6 is 15.9 Å². The molecule has 0 radical (unpaired) electrons. The van der Waals surface area contributed by atoms with Crippen molar-refractivity contribution >= 4 is 21.8 Å². The van der Waals surface area contributed by atoms with Crippen LogP contribution in [-0.4, -0.2) is 43.7 Å². The number of amides is 1. The van der Waals surface area contributed by atoms with Crippen LogP contribution in [0.4, 0.5) is 4.39 Å². The zero-order valence-corrected chi connectivity index (χ0v) is 12.8. The molecule has 1 aromatic rings. The smallest absolute Gasteiger partial charge is 0.224 e. The molecule has 0 unspecified atom stereocenters. The number of carbonyl (C=O) groups excluding carboxylic acids is 1. The molecule has 2 rings (SSSR count). The number of halogens is 2. The molecule has 1 amide bonds. The summed E-state index contributed by atoms with van der Waals surface area (Å²) in [5.74, 6) is -0.128. The summed E-state index contributed by atoms with van der Waals surface area (Å²) in [5, 5.41) is 3.16. The fourth-order valence-corrected chi connectivity index (χ4v) is 2.30. The van der Waals surface area contributed by atoms with Crippen molar-refractivity contribution in [1.82, 2.24) is 10.2 Å². The normalized spacial score (nSPS) is 15.4. The number of benzene rings is 1. The summed E-state index contributed by atoms with van der Waals surface area (Å²) in [6.07, 6.45) is 0.457. The van der Waals surface area contributed by atoms with Gasteiger partial charge in [0.05, 0.1) is 17.7 Å². The third kappa shape index (κ3) is 4.54. The van der Waals surface area contributed by atoms with Gasteiger partial charge in [0.25, 0.3) is 0 Å². The van der Waals surface area contributed by atoms with Gasteiger partial charge >= 0.3 is 0 Å². The molecule has 1 heterocycles. The largest absolute Gasteiger partial charge is 0.378 e. The summed E-state index contributed by atoms with van der Waals surface area (Å²) in [6, 6.07) is 5.02. The highest BCUT2D eigenvalue weighted by Gasteiger charge is 2.15. The number of carbonyl (C=O) groups is 1. The van der Waals surface area contributed by atoms with E-state index in [1.165, 1.54) is 6.07 Å². The second-order valence-electron chi connectivity index (χ2n) is 4.67. The number of nitrogens with one attached hydrogen (secondary N) is 1. The van der Waals surface area contributed by atoms with Gasteiger partial charge in [-0.15, -0.1) is 0 Å². The lowest BCUT2D eigenvalue weighted by molar-refractivity contribution is -0.135. The van der Waals surface area contributed by atoms with Gasteiger partial charge in [0, 0.05) is 32.6 Å². The molecule has 1 saturated heterocycles. The molecule has 1 fully saturated rings. The minimum absolute atomic E-state index is 0.141. The maximum atomic E-state index is 13.3. The molecular weight excluding hydrogens is 327 g/mol. The molecule has 0 spiro atoms. The number of hydrogen-bond donors (Lipinski definition) is 1. The minimum Gasteiger partial charge on any atom is -0.378 e. The van der Waals surface area contributed by atoms with Crippen LogP contribution in [0, 0.1) is 5.82 Å². The molecular formula is C14H18BrFN2O2. The predicted molar refractivity (Wildman–Crippen MR) is 77.8 cm³/mol. The van der Waals surface area contributed by atoms with Crippen molar-refractivity contribution in [2.24, 2.45) is 0 Å².